The minimum absolute atomic E-state index is 0.00810. The summed E-state index contributed by atoms with van der Waals surface area (Å²) in [5.41, 5.74) is 0. The third-order valence-corrected chi connectivity index (χ3v) is 3.79. The minimum Gasteiger partial charge on any atom is -0.469 e. The van der Waals surface area contributed by atoms with Crippen molar-refractivity contribution in [2.45, 2.75) is 12.8 Å². The molecule has 0 N–H and O–H groups in total. The average Bonchev–Trinajstić information content (AvgIpc) is 2.16. The van der Waals surface area contributed by atoms with Gasteiger partial charge < -0.3 is 9.22 Å². The van der Waals surface area contributed by atoms with E-state index in [1.165, 1.54) is 33.0 Å². The van der Waals surface area contributed by atoms with Crippen molar-refractivity contribution >= 4 is 5.97 Å². The van der Waals surface area contributed by atoms with Crippen LogP contribution in [0.15, 0.2) is 0 Å². The van der Waals surface area contributed by atoms with E-state index in [2.05, 4.69) is 7.05 Å². The lowest BCUT2D eigenvalue weighted by Gasteiger charge is -2.49. The van der Waals surface area contributed by atoms with E-state index >= 15 is 0 Å². The number of carbonyl (C=O) groups is 1. The Balaban J connectivity index is 2.11. The first-order valence-corrected chi connectivity index (χ1v) is 5.06. The summed E-state index contributed by atoms with van der Waals surface area (Å²) in [5, 5.41) is 0. The molecule has 0 aliphatic carbocycles. The van der Waals surface area contributed by atoms with Crippen LogP contribution in [0.25, 0.3) is 0 Å². The van der Waals surface area contributed by atoms with Gasteiger partial charge in [0, 0.05) is 12.8 Å². The molecule has 0 unspecified atom stereocenters. The summed E-state index contributed by atoms with van der Waals surface area (Å²) in [7, 11) is 3.76. The van der Waals surface area contributed by atoms with Gasteiger partial charge in [-0.05, 0) is 5.92 Å². The van der Waals surface area contributed by atoms with Crippen LogP contribution in [0.1, 0.15) is 12.8 Å². The summed E-state index contributed by atoms with van der Waals surface area (Å²) in [5.74, 6) is 0.790. The smallest absolute Gasteiger partial charge is 0.314 e. The number of esters is 1. The largest absolute Gasteiger partial charge is 0.469 e. The fourth-order valence-corrected chi connectivity index (χ4v) is 2.84. The average molecular weight is 184 g/mol. The molecule has 0 amide bonds. The molecule has 3 nitrogen and oxygen atoms in total. The topological polar surface area (TPSA) is 26.3 Å². The Hall–Kier alpha value is -0.570. The summed E-state index contributed by atoms with van der Waals surface area (Å²) in [6.45, 7) is 3.49. The van der Waals surface area contributed by atoms with Gasteiger partial charge in [-0.1, -0.05) is 0 Å². The van der Waals surface area contributed by atoms with E-state index in [1.54, 1.807) is 0 Å². The van der Waals surface area contributed by atoms with Gasteiger partial charge in [0.15, 0.2) is 0 Å². The lowest BCUT2D eigenvalue weighted by molar-refractivity contribution is -0.927. The number of hydrogen-bond donors (Lipinski definition) is 0. The van der Waals surface area contributed by atoms with Crippen molar-refractivity contribution in [2.75, 3.05) is 33.8 Å². The molecule has 0 aromatic carbocycles. The van der Waals surface area contributed by atoms with Gasteiger partial charge in [0.2, 0.25) is 0 Å². The number of nitrogens with zero attached hydrogens (tertiary/aromatic N) is 1. The third-order valence-electron chi connectivity index (χ3n) is 3.79. The second-order valence-corrected chi connectivity index (χ2v) is 4.72. The number of quaternary nitrogens is 1. The van der Waals surface area contributed by atoms with Gasteiger partial charge in [-0.3, -0.25) is 4.79 Å². The summed E-state index contributed by atoms with van der Waals surface area (Å²) in [6.07, 6.45) is 2.41. The highest BCUT2D eigenvalue weighted by Gasteiger charge is 2.46. The Labute approximate surface area is 79.3 Å². The molecule has 3 aliphatic rings. The number of methoxy groups -OCH3 is 1. The van der Waals surface area contributed by atoms with Crippen molar-refractivity contribution < 1.29 is 14.0 Å². The highest BCUT2D eigenvalue weighted by Crippen LogP contribution is 2.36. The molecule has 0 radical (unpaired) electrons. The van der Waals surface area contributed by atoms with Crippen LogP contribution < -0.4 is 0 Å². The second-order valence-electron chi connectivity index (χ2n) is 4.72. The maximum atomic E-state index is 11.5. The molecule has 3 heterocycles. The number of ether oxygens (including phenoxy) is 1. The van der Waals surface area contributed by atoms with Crippen molar-refractivity contribution in [3.63, 3.8) is 0 Å². The van der Waals surface area contributed by atoms with Gasteiger partial charge in [-0.15, -0.1) is 0 Å². The molecule has 1 atom stereocenters. The number of hydrogen-bond acceptors (Lipinski definition) is 2. The van der Waals surface area contributed by atoms with Crippen LogP contribution in [0, 0.1) is 11.8 Å². The number of rotatable bonds is 1. The van der Waals surface area contributed by atoms with E-state index in [4.69, 9.17) is 4.74 Å². The number of fused-ring (bicyclic) bond motifs is 3. The molecule has 0 aromatic rings. The first-order chi connectivity index (χ1) is 6.14. The monoisotopic (exact) mass is 184 g/mol. The summed E-state index contributed by atoms with van der Waals surface area (Å²) >= 11 is 0. The molecule has 3 rings (SSSR count). The third kappa shape index (κ3) is 1.46. The summed E-state index contributed by atoms with van der Waals surface area (Å²) in [6, 6.07) is 0. The lowest BCUT2D eigenvalue weighted by atomic mass is 9.77. The maximum absolute atomic E-state index is 11.5. The van der Waals surface area contributed by atoms with Crippen molar-refractivity contribution in [1.82, 2.24) is 0 Å². The molecule has 3 saturated heterocycles. The maximum Gasteiger partial charge on any atom is 0.314 e. The fourth-order valence-electron chi connectivity index (χ4n) is 2.84. The Bertz CT molecular complexity index is 219. The Kier molecular flexibility index (Phi) is 2.06. The van der Waals surface area contributed by atoms with E-state index in [9.17, 15) is 4.79 Å². The van der Waals surface area contributed by atoms with Gasteiger partial charge in [-0.2, -0.15) is 0 Å². The van der Waals surface area contributed by atoms with Crippen molar-refractivity contribution in [2.24, 2.45) is 11.8 Å². The number of piperidine rings is 3. The minimum atomic E-state index is 0.00810. The molecule has 0 aromatic heterocycles. The van der Waals surface area contributed by atoms with Crippen LogP contribution in [0.3, 0.4) is 0 Å². The summed E-state index contributed by atoms with van der Waals surface area (Å²) in [4.78, 5) is 11.5. The van der Waals surface area contributed by atoms with E-state index in [-0.39, 0.29) is 11.9 Å². The fraction of sp³-hybridized carbons (Fsp3) is 0.900. The van der Waals surface area contributed by atoms with Crippen LogP contribution in [0.5, 0.6) is 0 Å². The molecule has 3 fully saturated rings. The molecule has 0 spiro atoms. The molecular formula is C10H18NO2+. The van der Waals surface area contributed by atoms with E-state index in [0.717, 1.165) is 11.0 Å². The quantitative estimate of drug-likeness (QED) is 0.442. The molecule has 74 valence electrons. The zero-order valence-corrected chi connectivity index (χ0v) is 8.45. The first-order valence-electron chi connectivity index (χ1n) is 5.06. The van der Waals surface area contributed by atoms with Crippen LogP contribution in [0.2, 0.25) is 0 Å². The molecule has 2 bridgehead atoms. The van der Waals surface area contributed by atoms with Crippen molar-refractivity contribution in [1.29, 1.82) is 0 Å². The van der Waals surface area contributed by atoms with Crippen molar-refractivity contribution in [3.8, 4) is 0 Å². The molecular weight excluding hydrogens is 166 g/mol. The van der Waals surface area contributed by atoms with Gasteiger partial charge >= 0.3 is 5.97 Å². The van der Waals surface area contributed by atoms with Gasteiger partial charge in [0.1, 0.15) is 5.92 Å². The normalized spacial score (nSPS) is 43.2. The van der Waals surface area contributed by atoms with Crippen LogP contribution >= 0.6 is 0 Å². The highest BCUT2D eigenvalue weighted by atomic mass is 16.5. The zero-order chi connectivity index (χ0) is 9.47. The molecule has 3 aliphatic heterocycles. The van der Waals surface area contributed by atoms with Gasteiger partial charge in [-0.25, -0.2) is 0 Å². The second kappa shape index (κ2) is 2.98. The van der Waals surface area contributed by atoms with Crippen LogP contribution in [0.4, 0.5) is 0 Å². The molecule has 3 heteroatoms. The van der Waals surface area contributed by atoms with Crippen LogP contribution in [-0.4, -0.2) is 44.2 Å². The van der Waals surface area contributed by atoms with E-state index in [0.29, 0.717) is 5.92 Å². The Morgan fingerprint density at radius 3 is 2.46 bits per heavy atom. The van der Waals surface area contributed by atoms with Gasteiger partial charge in [0.25, 0.3) is 0 Å². The Morgan fingerprint density at radius 2 is 2.00 bits per heavy atom. The first kappa shape index (κ1) is 9.00. The van der Waals surface area contributed by atoms with Gasteiger partial charge in [0.05, 0.1) is 33.8 Å². The highest BCUT2D eigenvalue weighted by molar-refractivity contribution is 5.73. The summed E-state index contributed by atoms with van der Waals surface area (Å²) < 4.78 is 5.92. The molecule has 13 heavy (non-hydrogen) atoms. The van der Waals surface area contributed by atoms with Crippen LogP contribution in [-0.2, 0) is 9.53 Å². The predicted molar refractivity (Wildman–Crippen MR) is 49.0 cm³/mol. The van der Waals surface area contributed by atoms with Crippen molar-refractivity contribution in [3.05, 3.63) is 0 Å². The molecule has 0 saturated carbocycles. The Morgan fingerprint density at radius 1 is 1.38 bits per heavy atom. The number of carbonyl (C=O) groups excluding carboxylic acids is 1. The van der Waals surface area contributed by atoms with E-state index in [1.807, 2.05) is 0 Å². The zero-order valence-electron chi connectivity index (χ0n) is 8.45. The van der Waals surface area contributed by atoms with E-state index < -0.39 is 0 Å². The lowest BCUT2D eigenvalue weighted by Crippen LogP contribution is -2.60. The SMILES string of the molecule is COC(=O)[C@H]1C[N+]2(C)CCC1CC2. The predicted octanol–water partition coefficient (Wildman–Crippen LogP) is 0.646. The standard InChI is InChI=1S/C10H18NO2/c1-11-5-3-8(4-6-11)9(7-11)10(12)13-2/h8-9H,3-7H2,1-2H3/q+1/t8?,9-,11?/m0/s1.